The first kappa shape index (κ1) is 26.1. The number of amides is 1. The number of hydrogen-bond donors (Lipinski definition) is 1. The summed E-state index contributed by atoms with van der Waals surface area (Å²) in [6, 6.07) is 16.0. The van der Waals surface area contributed by atoms with E-state index in [4.69, 9.17) is 21.1 Å². The zero-order valence-electron chi connectivity index (χ0n) is 18.9. The number of nitrogens with one attached hydrogen (secondary N) is 1. The predicted octanol–water partition coefficient (Wildman–Crippen LogP) is 3.84. The van der Waals surface area contributed by atoms with E-state index in [9.17, 15) is 17.6 Å². The van der Waals surface area contributed by atoms with Crippen LogP contribution in [0.2, 0.25) is 5.02 Å². The molecule has 0 radical (unpaired) electrons. The van der Waals surface area contributed by atoms with Crippen LogP contribution in [0.3, 0.4) is 0 Å². The van der Waals surface area contributed by atoms with E-state index in [2.05, 4.69) is 10.5 Å². The molecule has 8 nitrogen and oxygen atoms in total. The molecular formula is C24H23ClFN3O5S. The van der Waals surface area contributed by atoms with Crippen molar-refractivity contribution in [3.8, 4) is 11.5 Å². The Morgan fingerprint density at radius 2 is 1.74 bits per heavy atom. The lowest BCUT2D eigenvalue weighted by Gasteiger charge is -2.21. The van der Waals surface area contributed by atoms with E-state index in [1.807, 2.05) is 0 Å². The van der Waals surface area contributed by atoms with Gasteiger partial charge in [-0.3, -0.25) is 4.79 Å². The summed E-state index contributed by atoms with van der Waals surface area (Å²) in [5.74, 6) is -0.0613. The van der Waals surface area contributed by atoms with Crippen molar-refractivity contribution in [2.24, 2.45) is 5.10 Å². The summed E-state index contributed by atoms with van der Waals surface area (Å²) in [6.45, 7) is -0.693. The maximum Gasteiger partial charge on any atom is 0.255 e. The van der Waals surface area contributed by atoms with Gasteiger partial charge in [-0.05, 0) is 60.2 Å². The second kappa shape index (κ2) is 11.8. The van der Waals surface area contributed by atoms with E-state index in [1.165, 1.54) is 69.0 Å². The van der Waals surface area contributed by atoms with Gasteiger partial charge in [-0.2, -0.15) is 9.41 Å². The highest BCUT2D eigenvalue weighted by molar-refractivity contribution is 7.89. The first-order chi connectivity index (χ1) is 16.7. The number of hydrogen-bond acceptors (Lipinski definition) is 6. The number of sulfonamides is 1. The van der Waals surface area contributed by atoms with Crippen LogP contribution >= 0.6 is 11.6 Å². The molecule has 0 aliphatic rings. The molecule has 11 heteroatoms. The van der Waals surface area contributed by atoms with Crippen molar-refractivity contribution in [1.29, 1.82) is 0 Å². The number of carbonyl (C=O) groups excluding carboxylic acids is 1. The molecule has 0 atom stereocenters. The maximum atomic E-state index is 13.3. The predicted molar refractivity (Wildman–Crippen MR) is 131 cm³/mol. The topological polar surface area (TPSA) is 97.3 Å². The van der Waals surface area contributed by atoms with Crippen LogP contribution in [-0.4, -0.2) is 45.6 Å². The molecule has 184 valence electrons. The van der Waals surface area contributed by atoms with Crippen LogP contribution in [0, 0.1) is 5.82 Å². The largest absolute Gasteiger partial charge is 0.497 e. The second-order valence-electron chi connectivity index (χ2n) is 7.25. The van der Waals surface area contributed by atoms with Gasteiger partial charge in [-0.1, -0.05) is 23.7 Å². The Balaban J connectivity index is 1.80. The van der Waals surface area contributed by atoms with Gasteiger partial charge in [0.1, 0.15) is 17.3 Å². The van der Waals surface area contributed by atoms with Crippen LogP contribution in [0.1, 0.15) is 11.1 Å². The van der Waals surface area contributed by atoms with E-state index in [0.29, 0.717) is 27.6 Å². The smallest absolute Gasteiger partial charge is 0.255 e. The zero-order valence-corrected chi connectivity index (χ0v) is 20.5. The standard InChI is InChI=1S/C24H23ClFN3O5S/c1-33-21-9-12-23(34-2)18(13-21)14-27-28-24(30)16-29(15-17-3-7-20(26)8-4-17)35(31,32)22-10-5-19(25)6-11-22/h3-14H,15-16H2,1-2H3,(H,28,30)/b27-14-. The molecule has 0 saturated heterocycles. The Labute approximate surface area is 208 Å². The first-order valence-electron chi connectivity index (χ1n) is 10.3. The summed E-state index contributed by atoms with van der Waals surface area (Å²) in [7, 11) is -1.08. The van der Waals surface area contributed by atoms with Gasteiger partial charge < -0.3 is 9.47 Å². The van der Waals surface area contributed by atoms with Crippen molar-refractivity contribution in [2.75, 3.05) is 20.8 Å². The first-order valence-corrected chi connectivity index (χ1v) is 12.1. The maximum absolute atomic E-state index is 13.3. The van der Waals surface area contributed by atoms with Crippen molar-refractivity contribution in [2.45, 2.75) is 11.4 Å². The quantitative estimate of drug-likeness (QED) is 0.324. The molecule has 35 heavy (non-hydrogen) atoms. The van der Waals surface area contributed by atoms with Crippen LogP contribution in [0.4, 0.5) is 4.39 Å². The lowest BCUT2D eigenvalue weighted by atomic mass is 10.2. The van der Waals surface area contributed by atoms with Gasteiger partial charge >= 0.3 is 0 Å². The van der Waals surface area contributed by atoms with Gasteiger partial charge in [0, 0.05) is 17.1 Å². The molecular weight excluding hydrogens is 497 g/mol. The molecule has 0 aliphatic carbocycles. The number of benzene rings is 3. The van der Waals surface area contributed by atoms with Crippen LogP contribution in [-0.2, 0) is 21.4 Å². The molecule has 0 aliphatic heterocycles. The molecule has 0 fully saturated rings. The van der Waals surface area contributed by atoms with Crippen molar-refractivity contribution in [1.82, 2.24) is 9.73 Å². The van der Waals surface area contributed by atoms with E-state index < -0.39 is 28.3 Å². The number of carbonyl (C=O) groups is 1. The zero-order chi connectivity index (χ0) is 25.4. The average Bonchev–Trinajstić information content (AvgIpc) is 2.85. The monoisotopic (exact) mass is 519 g/mol. The highest BCUT2D eigenvalue weighted by atomic mass is 35.5. The summed E-state index contributed by atoms with van der Waals surface area (Å²) >= 11 is 5.88. The summed E-state index contributed by atoms with van der Waals surface area (Å²) in [5.41, 5.74) is 3.37. The molecule has 1 N–H and O–H groups in total. The third-order valence-corrected chi connectivity index (χ3v) is 6.93. The lowest BCUT2D eigenvalue weighted by molar-refractivity contribution is -0.121. The number of methoxy groups -OCH3 is 2. The highest BCUT2D eigenvalue weighted by Gasteiger charge is 2.27. The van der Waals surface area contributed by atoms with Crippen LogP contribution < -0.4 is 14.9 Å². The van der Waals surface area contributed by atoms with Gasteiger partial charge in [0.25, 0.3) is 5.91 Å². The van der Waals surface area contributed by atoms with Gasteiger partial charge in [0.15, 0.2) is 0 Å². The second-order valence-corrected chi connectivity index (χ2v) is 9.63. The average molecular weight is 520 g/mol. The van der Waals surface area contributed by atoms with Gasteiger partial charge in [0.2, 0.25) is 10.0 Å². The van der Waals surface area contributed by atoms with Crippen molar-refractivity contribution >= 4 is 33.7 Å². The molecule has 0 aromatic heterocycles. The Hall–Kier alpha value is -3.47. The number of hydrazone groups is 1. The molecule has 1 amide bonds. The Bertz CT molecular complexity index is 1300. The normalized spacial score (nSPS) is 11.6. The van der Waals surface area contributed by atoms with Gasteiger partial charge in [-0.25, -0.2) is 18.2 Å². The number of ether oxygens (including phenoxy) is 2. The van der Waals surface area contributed by atoms with Crippen molar-refractivity contribution in [3.63, 3.8) is 0 Å². The third-order valence-electron chi connectivity index (χ3n) is 4.87. The lowest BCUT2D eigenvalue weighted by Crippen LogP contribution is -2.39. The molecule has 0 heterocycles. The van der Waals surface area contributed by atoms with Gasteiger partial charge in [-0.15, -0.1) is 0 Å². The summed E-state index contributed by atoms with van der Waals surface area (Å²) in [6.07, 6.45) is 1.36. The minimum absolute atomic E-state index is 0.0403. The minimum atomic E-state index is -4.09. The Kier molecular flexibility index (Phi) is 8.80. The summed E-state index contributed by atoms with van der Waals surface area (Å²) in [4.78, 5) is 12.6. The minimum Gasteiger partial charge on any atom is -0.497 e. The highest BCUT2D eigenvalue weighted by Crippen LogP contribution is 2.23. The van der Waals surface area contributed by atoms with Crippen LogP contribution in [0.15, 0.2) is 76.7 Å². The number of halogens is 2. The molecule has 3 aromatic carbocycles. The Morgan fingerprint density at radius 1 is 1.06 bits per heavy atom. The van der Waals surface area contributed by atoms with Crippen molar-refractivity contribution < 1.29 is 27.1 Å². The summed E-state index contributed by atoms with van der Waals surface area (Å²) in [5, 5.41) is 4.28. The van der Waals surface area contributed by atoms with E-state index in [-0.39, 0.29) is 11.4 Å². The summed E-state index contributed by atoms with van der Waals surface area (Å²) < 4.78 is 51.2. The van der Waals surface area contributed by atoms with E-state index in [1.54, 1.807) is 18.2 Å². The van der Waals surface area contributed by atoms with E-state index >= 15 is 0 Å². The molecule has 0 spiro atoms. The van der Waals surface area contributed by atoms with Crippen LogP contribution in [0.5, 0.6) is 11.5 Å². The van der Waals surface area contributed by atoms with Crippen LogP contribution in [0.25, 0.3) is 0 Å². The molecule has 0 saturated carbocycles. The van der Waals surface area contributed by atoms with Gasteiger partial charge in [0.05, 0.1) is 31.9 Å². The molecule has 0 bridgehead atoms. The molecule has 0 unspecified atom stereocenters. The Morgan fingerprint density at radius 3 is 2.37 bits per heavy atom. The fourth-order valence-electron chi connectivity index (χ4n) is 3.08. The fourth-order valence-corrected chi connectivity index (χ4v) is 4.59. The molecule has 3 aromatic rings. The third kappa shape index (κ3) is 7.01. The number of nitrogens with zero attached hydrogens (tertiary/aromatic N) is 2. The number of rotatable bonds is 10. The fraction of sp³-hybridized carbons (Fsp3) is 0.167. The SMILES string of the molecule is COc1ccc(OC)c(/C=N\NC(=O)CN(Cc2ccc(F)cc2)S(=O)(=O)c2ccc(Cl)cc2)c1. The van der Waals surface area contributed by atoms with E-state index in [0.717, 1.165) is 4.31 Å². The van der Waals surface area contributed by atoms with Crippen molar-refractivity contribution in [3.05, 3.63) is 88.7 Å². The molecule has 3 rings (SSSR count).